The number of aromatic nitrogens is 1. The Kier molecular flexibility index (Phi) is 6.78. The van der Waals surface area contributed by atoms with Gasteiger partial charge in [0.05, 0.1) is 12.7 Å². The molecule has 2 aromatic rings. The van der Waals surface area contributed by atoms with Crippen LogP contribution >= 0.6 is 27.5 Å². The molecule has 1 aromatic heterocycles. The van der Waals surface area contributed by atoms with Crippen molar-refractivity contribution < 1.29 is 19.0 Å². The van der Waals surface area contributed by atoms with Gasteiger partial charge in [-0.25, -0.2) is 9.78 Å². The van der Waals surface area contributed by atoms with E-state index in [4.69, 9.17) is 25.8 Å². The van der Waals surface area contributed by atoms with E-state index in [1.165, 1.54) is 14.2 Å². The molecule has 1 heterocycles. The van der Waals surface area contributed by atoms with Crippen LogP contribution in [0.2, 0.25) is 5.15 Å². The molecule has 24 heavy (non-hydrogen) atoms. The Bertz CT molecular complexity index is 764. The molecule has 126 valence electrons. The number of benzene rings is 1. The van der Waals surface area contributed by atoms with Crippen LogP contribution in [0, 0.1) is 0 Å². The highest BCUT2D eigenvalue weighted by Gasteiger charge is 2.10. The van der Waals surface area contributed by atoms with Crippen LogP contribution in [0.3, 0.4) is 0 Å². The molecule has 1 aromatic carbocycles. The summed E-state index contributed by atoms with van der Waals surface area (Å²) in [6, 6.07) is 6.87. The number of methoxy groups -OCH3 is 2. The first-order valence-corrected chi connectivity index (χ1v) is 8.05. The number of esters is 1. The van der Waals surface area contributed by atoms with Crippen molar-refractivity contribution in [3.8, 4) is 5.75 Å². The van der Waals surface area contributed by atoms with Crippen LogP contribution in [-0.2, 0) is 9.47 Å². The molecule has 0 bridgehead atoms. The molecule has 0 radical (unpaired) electrons. The third kappa shape index (κ3) is 4.80. The third-order valence-corrected chi connectivity index (χ3v) is 3.79. The Balaban J connectivity index is 2.35. The molecule has 0 saturated carbocycles. The molecule has 5 nitrogen and oxygen atoms in total. The minimum Gasteiger partial charge on any atom is -0.467 e. The largest absolute Gasteiger partial charge is 0.467 e. The number of pyridine rings is 1. The number of hydrogen-bond acceptors (Lipinski definition) is 5. The highest BCUT2D eigenvalue weighted by atomic mass is 79.9. The lowest BCUT2D eigenvalue weighted by atomic mass is 10.1. The second-order valence-corrected chi connectivity index (χ2v) is 5.94. The summed E-state index contributed by atoms with van der Waals surface area (Å²) in [5.74, 6) is 0.0575. The fourth-order valence-electron chi connectivity index (χ4n) is 1.90. The van der Waals surface area contributed by atoms with Crippen LogP contribution in [-0.4, -0.2) is 32.0 Å². The molecule has 0 N–H and O–H groups in total. The molecule has 0 amide bonds. The van der Waals surface area contributed by atoms with E-state index in [0.29, 0.717) is 16.5 Å². The average Bonchev–Trinajstić information content (AvgIpc) is 2.60. The summed E-state index contributed by atoms with van der Waals surface area (Å²) in [5, 5.41) is 0.389. The van der Waals surface area contributed by atoms with Gasteiger partial charge in [-0.15, -0.1) is 0 Å². The van der Waals surface area contributed by atoms with Crippen molar-refractivity contribution in [2.45, 2.75) is 0 Å². The maximum atomic E-state index is 11.7. The van der Waals surface area contributed by atoms with Gasteiger partial charge in [-0.3, -0.25) is 0 Å². The smallest absolute Gasteiger partial charge is 0.337 e. The van der Waals surface area contributed by atoms with Gasteiger partial charge < -0.3 is 14.2 Å². The number of hydrogen-bond donors (Lipinski definition) is 0. The number of carbonyl (C=O) groups is 1. The van der Waals surface area contributed by atoms with Crippen LogP contribution in [0.1, 0.15) is 21.5 Å². The molecule has 0 aliphatic carbocycles. The van der Waals surface area contributed by atoms with Gasteiger partial charge in [0.1, 0.15) is 10.9 Å². The Morgan fingerprint density at radius 2 is 2.00 bits per heavy atom. The lowest BCUT2D eigenvalue weighted by molar-refractivity contribution is 0.0502. The highest BCUT2D eigenvalue weighted by Crippen LogP contribution is 2.25. The van der Waals surface area contributed by atoms with Crippen LogP contribution in [0.15, 0.2) is 34.9 Å². The average molecular weight is 413 g/mol. The third-order valence-electron chi connectivity index (χ3n) is 3.04. The summed E-state index contributed by atoms with van der Waals surface area (Å²) < 4.78 is 16.0. The van der Waals surface area contributed by atoms with Crippen LogP contribution in [0.5, 0.6) is 5.75 Å². The Morgan fingerprint density at radius 1 is 1.25 bits per heavy atom. The number of carbonyl (C=O) groups excluding carboxylic acids is 1. The molecule has 0 fully saturated rings. The van der Waals surface area contributed by atoms with Crippen LogP contribution in [0.4, 0.5) is 0 Å². The maximum absolute atomic E-state index is 11.7. The number of halogens is 2. The van der Waals surface area contributed by atoms with Gasteiger partial charge in [-0.05, 0) is 34.1 Å². The lowest BCUT2D eigenvalue weighted by Gasteiger charge is -2.10. The molecule has 7 heteroatoms. The van der Waals surface area contributed by atoms with Gasteiger partial charge in [0.25, 0.3) is 0 Å². The first kappa shape index (κ1) is 18.4. The number of nitrogens with zero attached hydrogens (tertiary/aromatic N) is 1. The van der Waals surface area contributed by atoms with E-state index in [1.54, 1.807) is 24.4 Å². The van der Waals surface area contributed by atoms with Crippen LogP contribution < -0.4 is 4.74 Å². The summed E-state index contributed by atoms with van der Waals surface area (Å²) >= 11 is 9.43. The molecule has 0 atom stereocenters. The zero-order valence-corrected chi connectivity index (χ0v) is 15.4. The predicted octanol–water partition coefficient (Wildman–Crippen LogP) is 4.44. The number of ether oxygens (including phenoxy) is 3. The van der Waals surface area contributed by atoms with E-state index in [-0.39, 0.29) is 6.79 Å². The standard InChI is InChI=1S/C17H15BrClNO4/c1-22-10-24-15-8-13(17(21)23-2)6-4-11(15)3-5-12-7-14(18)9-20-16(12)19/h3-9H,10H2,1-2H3. The van der Waals surface area contributed by atoms with Crippen molar-refractivity contribution in [3.63, 3.8) is 0 Å². The minimum atomic E-state index is -0.438. The maximum Gasteiger partial charge on any atom is 0.337 e. The molecule has 0 unspecified atom stereocenters. The minimum absolute atomic E-state index is 0.0602. The SMILES string of the molecule is COCOc1cc(C(=O)OC)ccc1C=Cc1cc(Br)cnc1Cl. The first-order valence-electron chi connectivity index (χ1n) is 6.88. The Hall–Kier alpha value is -1.89. The van der Waals surface area contributed by atoms with Crippen molar-refractivity contribution in [2.24, 2.45) is 0 Å². The highest BCUT2D eigenvalue weighted by molar-refractivity contribution is 9.10. The second-order valence-electron chi connectivity index (χ2n) is 4.66. The van der Waals surface area contributed by atoms with Gasteiger partial charge in [-0.2, -0.15) is 0 Å². The second kappa shape index (κ2) is 8.82. The first-order chi connectivity index (χ1) is 11.5. The van der Waals surface area contributed by atoms with Gasteiger partial charge in [0, 0.05) is 28.9 Å². The van der Waals surface area contributed by atoms with Crippen molar-refractivity contribution in [1.82, 2.24) is 4.98 Å². The number of rotatable bonds is 6. The van der Waals surface area contributed by atoms with E-state index < -0.39 is 5.97 Å². The van der Waals surface area contributed by atoms with E-state index in [1.807, 2.05) is 18.2 Å². The fraction of sp³-hybridized carbons (Fsp3) is 0.176. The zero-order chi connectivity index (χ0) is 17.5. The molecule has 2 rings (SSSR count). The summed E-state index contributed by atoms with van der Waals surface area (Å²) in [6.45, 7) is 0.0602. The quantitative estimate of drug-likeness (QED) is 0.399. The van der Waals surface area contributed by atoms with Crippen molar-refractivity contribution in [2.75, 3.05) is 21.0 Å². The Morgan fingerprint density at radius 3 is 2.71 bits per heavy atom. The van der Waals surface area contributed by atoms with Crippen molar-refractivity contribution in [1.29, 1.82) is 0 Å². The summed E-state index contributed by atoms with van der Waals surface area (Å²) in [5.41, 5.74) is 1.90. The molecular weight excluding hydrogens is 398 g/mol. The van der Waals surface area contributed by atoms with E-state index in [9.17, 15) is 4.79 Å². The van der Waals surface area contributed by atoms with Gasteiger partial charge >= 0.3 is 5.97 Å². The molecule has 0 aliphatic heterocycles. The van der Waals surface area contributed by atoms with Crippen LogP contribution in [0.25, 0.3) is 12.2 Å². The summed E-state index contributed by atoms with van der Waals surface area (Å²) in [4.78, 5) is 15.7. The normalized spacial score (nSPS) is 10.8. The van der Waals surface area contributed by atoms with E-state index in [2.05, 4.69) is 20.9 Å². The van der Waals surface area contributed by atoms with E-state index in [0.717, 1.165) is 15.6 Å². The van der Waals surface area contributed by atoms with Gasteiger partial charge in [0.2, 0.25) is 0 Å². The fourth-order valence-corrected chi connectivity index (χ4v) is 2.41. The molecule has 0 aliphatic rings. The Labute approximate surface area is 153 Å². The summed E-state index contributed by atoms with van der Waals surface area (Å²) in [7, 11) is 2.85. The van der Waals surface area contributed by atoms with Crippen molar-refractivity contribution in [3.05, 3.63) is 56.8 Å². The lowest BCUT2D eigenvalue weighted by Crippen LogP contribution is -2.04. The summed E-state index contributed by atoms with van der Waals surface area (Å²) in [6.07, 6.45) is 5.26. The van der Waals surface area contributed by atoms with Crippen molar-refractivity contribution >= 4 is 45.7 Å². The predicted molar refractivity (Wildman–Crippen MR) is 96.2 cm³/mol. The van der Waals surface area contributed by atoms with Gasteiger partial charge in [-0.1, -0.05) is 29.8 Å². The molecular formula is C17H15BrClNO4. The topological polar surface area (TPSA) is 57.7 Å². The van der Waals surface area contributed by atoms with E-state index >= 15 is 0 Å². The molecule has 0 saturated heterocycles. The van der Waals surface area contributed by atoms with Gasteiger partial charge in [0.15, 0.2) is 6.79 Å². The zero-order valence-electron chi connectivity index (χ0n) is 13.1. The monoisotopic (exact) mass is 411 g/mol. The molecule has 0 spiro atoms.